The molecule has 0 atom stereocenters. The molecule has 8 heteroatoms. The highest BCUT2D eigenvalue weighted by Gasteiger charge is 2.21. The van der Waals surface area contributed by atoms with Gasteiger partial charge in [-0.3, -0.25) is 14.7 Å². The molecule has 31 heavy (non-hydrogen) atoms. The van der Waals surface area contributed by atoms with Crippen LogP contribution < -0.4 is 10.9 Å². The van der Waals surface area contributed by atoms with Crippen molar-refractivity contribution in [2.75, 3.05) is 5.32 Å². The van der Waals surface area contributed by atoms with E-state index >= 15 is 0 Å². The first-order chi connectivity index (χ1) is 14.9. The van der Waals surface area contributed by atoms with Gasteiger partial charge < -0.3 is 10.3 Å². The van der Waals surface area contributed by atoms with Crippen LogP contribution in [0.25, 0.3) is 39.2 Å². The topological polar surface area (TPSA) is 108 Å². The van der Waals surface area contributed by atoms with E-state index in [-0.39, 0.29) is 11.5 Å². The number of carbonyl (C=O) groups is 1. The standard InChI is InChI=1S/C23H20N6O2/c1-12-19(21-26-17-11-7-10-16(20(17)27-21)25-14(3)30)23(31)29-22(24-12)18(13(2)28-29)15-8-5-4-6-9-15/h4-11,28H,1-3H3,(H,25,30)(H,26,27). The Morgan fingerprint density at radius 3 is 2.52 bits per heavy atom. The molecule has 3 aromatic heterocycles. The molecule has 0 aliphatic heterocycles. The fourth-order valence-corrected chi connectivity index (χ4v) is 3.95. The Kier molecular flexibility index (Phi) is 4.21. The van der Waals surface area contributed by atoms with E-state index in [0.29, 0.717) is 33.9 Å². The minimum absolute atomic E-state index is 0.188. The van der Waals surface area contributed by atoms with Gasteiger partial charge in [-0.05, 0) is 31.5 Å². The number of hydrogen-bond acceptors (Lipinski definition) is 4. The monoisotopic (exact) mass is 412 g/mol. The van der Waals surface area contributed by atoms with Gasteiger partial charge in [0, 0.05) is 18.2 Å². The highest BCUT2D eigenvalue weighted by atomic mass is 16.1. The minimum Gasteiger partial charge on any atom is -0.338 e. The maximum Gasteiger partial charge on any atom is 0.283 e. The summed E-state index contributed by atoms with van der Waals surface area (Å²) < 4.78 is 1.46. The van der Waals surface area contributed by atoms with Crippen molar-refractivity contribution >= 4 is 28.3 Å². The zero-order chi connectivity index (χ0) is 21.7. The third-order valence-electron chi connectivity index (χ3n) is 5.26. The Morgan fingerprint density at radius 1 is 1.00 bits per heavy atom. The zero-order valence-electron chi connectivity index (χ0n) is 17.3. The van der Waals surface area contributed by atoms with E-state index < -0.39 is 0 Å². The molecule has 0 spiro atoms. The molecule has 0 saturated carbocycles. The van der Waals surface area contributed by atoms with Crippen molar-refractivity contribution in [3.05, 3.63) is 70.3 Å². The summed E-state index contributed by atoms with van der Waals surface area (Å²) >= 11 is 0. The minimum atomic E-state index is -0.243. The highest BCUT2D eigenvalue weighted by molar-refractivity contribution is 5.99. The smallest absolute Gasteiger partial charge is 0.283 e. The van der Waals surface area contributed by atoms with Gasteiger partial charge in [-0.1, -0.05) is 36.4 Å². The van der Waals surface area contributed by atoms with Crippen molar-refractivity contribution in [2.45, 2.75) is 20.8 Å². The lowest BCUT2D eigenvalue weighted by Gasteiger charge is -2.04. The van der Waals surface area contributed by atoms with Crippen LogP contribution in [0.5, 0.6) is 0 Å². The molecule has 8 nitrogen and oxygen atoms in total. The summed E-state index contributed by atoms with van der Waals surface area (Å²) in [5.74, 6) is 0.220. The van der Waals surface area contributed by atoms with Crippen molar-refractivity contribution in [2.24, 2.45) is 0 Å². The van der Waals surface area contributed by atoms with Gasteiger partial charge in [-0.2, -0.15) is 0 Å². The van der Waals surface area contributed by atoms with Crippen LogP contribution in [0.2, 0.25) is 0 Å². The number of carbonyl (C=O) groups excluding carboxylic acids is 1. The Morgan fingerprint density at radius 2 is 1.77 bits per heavy atom. The maximum absolute atomic E-state index is 13.4. The molecule has 1 amide bonds. The second kappa shape index (κ2) is 6.94. The fourth-order valence-electron chi connectivity index (χ4n) is 3.95. The summed E-state index contributed by atoms with van der Waals surface area (Å²) in [7, 11) is 0. The summed E-state index contributed by atoms with van der Waals surface area (Å²) in [6.45, 7) is 5.17. The molecule has 0 aliphatic rings. The number of amides is 1. The summed E-state index contributed by atoms with van der Waals surface area (Å²) in [6.07, 6.45) is 0. The highest BCUT2D eigenvalue weighted by Crippen LogP contribution is 2.29. The van der Waals surface area contributed by atoms with Crippen molar-refractivity contribution < 1.29 is 4.79 Å². The number of anilines is 1. The number of rotatable bonds is 3. The van der Waals surface area contributed by atoms with Crippen LogP contribution in [0, 0.1) is 13.8 Å². The molecule has 0 fully saturated rings. The number of H-pyrrole nitrogens is 2. The molecule has 5 aromatic rings. The lowest BCUT2D eigenvalue weighted by Crippen LogP contribution is -2.19. The number of hydrogen-bond donors (Lipinski definition) is 3. The maximum atomic E-state index is 13.4. The van der Waals surface area contributed by atoms with E-state index in [1.807, 2.05) is 49.4 Å². The van der Waals surface area contributed by atoms with Gasteiger partial charge in [0.05, 0.1) is 16.9 Å². The largest absolute Gasteiger partial charge is 0.338 e. The zero-order valence-corrected chi connectivity index (χ0v) is 17.3. The second-order valence-electron chi connectivity index (χ2n) is 7.48. The van der Waals surface area contributed by atoms with E-state index in [0.717, 1.165) is 22.3 Å². The summed E-state index contributed by atoms with van der Waals surface area (Å²) in [4.78, 5) is 37.5. The quantitative estimate of drug-likeness (QED) is 0.419. The van der Waals surface area contributed by atoms with E-state index in [2.05, 4.69) is 20.4 Å². The van der Waals surface area contributed by atoms with E-state index in [4.69, 9.17) is 4.98 Å². The number of nitrogens with zero attached hydrogens (tertiary/aromatic N) is 3. The Bertz CT molecular complexity index is 1530. The Labute approximate surface area is 177 Å². The fraction of sp³-hybridized carbons (Fsp3) is 0.130. The first-order valence-electron chi connectivity index (χ1n) is 9.88. The Balaban J connectivity index is 1.74. The van der Waals surface area contributed by atoms with Crippen LogP contribution in [0.3, 0.4) is 0 Å². The van der Waals surface area contributed by atoms with Gasteiger partial charge in [0.25, 0.3) is 5.56 Å². The predicted molar refractivity (Wildman–Crippen MR) is 120 cm³/mol. The van der Waals surface area contributed by atoms with Gasteiger partial charge in [0.15, 0.2) is 5.65 Å². The average Bonchev–Trinajstić information content (AvgIpc) is 3.30. The molecule has 5 rings (SSSR count). The van der Waals surface area contributed by atoms with E-state index in [1.165, 1.54) is 11.4 Å². The van der Waals surface area contributed by atoms with E-state index in [1.54, 1.807) is 13.0 Å². The first kappa shape index (κ1) is 18.8. The van der Waals surface area contributed by atoms with Gasteiger partial charge in [0.1, 0.15) is 16.9 Å². The van der Waals surface area contributed by atoms with Gasteiger partial charge in [-0.25, -0.2) is 14.5 Å². The second-order valence-corrected chi connectivity index (χ2v) is 7.48. The van der Waals surface area contributed by atoms with Crippen LogP contribution in [0.15, 0.2) is 53.3 Å². The van der Waals surface area contributed by atoms with Crippen molar-refractivity contribution in [1.82, 2.24) is 24.6 Å². The van der Waals surface area contributed by atoms with Crippen molar-refractivity contribution in [3.8, 4) is 22.5 Å². The molecule has 3 heterocycles. The number of aromatic nitrogens is 5. The summed E-state index contributed by atoms with van der Waals surface area (Å²) in [5.41, 5.74) is 5.90. The lowest BCUT2D eigenvalue weighted by atomic mass is 10.1. The van der Waals surface area contributed by atoms with E-state index in [9.17, 15) is 9.59 Å². The average molecular weight is 412 g/mol. The number of imidazole rings is 1. The van der Waals surface area contributed by atoms with Crippen LogP contribution >= 0.6 is 0 Å². The van der Waals surface area contributed by atoms with Gasteiger partial charge >= 0.3 is 0 Å². The third-order valence-corrected chi connectivity index (χ3v) is 5.26. The number of aryl methyl sites for hydroxylation is 2. The molecule has 0 saturated heterocycles. The number of nitrogens with one attached hydrogen (secondary N) is 3. The normalized spacial score (nSPS) is 11.3. The molecule has 154 valence electrons. The SMILES string of the molecule is CC(=O)Nc1cccc2[nH]c(-c3c(C)nc4c(-c5ccccc5)c(C)[nH]n4c3=O)nc12. The molecular weight excluding hydrogens is 392 g/mol. The van der Waals surface area contributed by atoms with Gasteiger partial charge in [0.2, 0.25) is 5.91 Å². The predicted octanol–water partition coefficient (Wildman–Crippen LogP) is 3.81. The first-order valence-corrected chi connectivity index (χ1v) is 9.88. The third kappa shape index (κ3) is 3.00. The van der Waals surface area contributed by atoms with Crippen LogP contribution in [0.4, 0.5) is 5.69 Å². The van der Waals surface area contributed by atoms with Crippen LogP contribution in [-0.2, 0) is 4.79 Å². The molecule has 0 unspecified atom stereocenters. The number of para-hydroxylation sites is 1. The molecule has 3 N–H and O–H groups in total. The lowest BCUT2D eigenvalue weighted by molar-refractivity contribution is -0.114. The van der Waals surface area contributed by atoms with Crippen LogP contribution in [-0.4, -0.2) is 30.5 Å². The van der Waals surface area contributed by atoms with Crippen molar-refractivity contribution in [1.29, 1.82) is 0 Å². The molecule has 0 aliphatic carbocycles. The molecule has 0 bridgehead atoms. The number of benzene rings is 2. The van der Waals surface area contributed by atoms with Gasteiger partial charge in [-0.15, -0.1) is 0 Å². The van der Waals surface area contributed by atoms with Crippen molar-refractivity contribution in [3.63, 3.8) is 0 Å². The Hall–Kier alpha value is -4.20. The number of aromatic amines is 2. The molecule has 2 aromatic carbocycles. The summed E-state index contributed by atoms with van der Waals surface area (Å²) in [5, 5.41) is 5.92. The summed E-state index contributed by atoms with van der Waals surface area (Å²) in [6, 6.07) is 15.3. The molecule has 0 radical (unpaired) electrons. The number of fused-ring (bicyclic) bond motifs is 2. The van der Waals surface area contributed by atoms with Crippen LogP contribution in [0.1, 0.15) is 18.3 Å². The molecular formula is C23H20N6O2.